The van der Waals surface area contributed by atoms with Crippen LogP contribution in [-0.4, -0.2) is 24.4 Å². The van der Waals surface area contributed by atoms with Gasteiger partial charge >= 0.3 is 0 Å². The van der Waals surface area contributed by atoms with Crippen LogP contribution in [-0.2, 0) is 17.8 Å². The molecule has 1 heterocycles. The highest BCUT2D eigenvalue weighted by Gasteiger charge is 2.12. The van der Waals surface area contributed by atoms with E-state index < -0.39 is 0 Å². The van der Waals surface area contributed by atoms with Gasteiger partial charge in [-0.1, -0.05) is 24.3 Å². The van der Waals surface area contributed by atoms with Crippen LogP contribution in [0.2, 0.25) is 0 Å². The van der Waals surface area contributed by atoms with Gasteiger partial charge in [0.2, 0.25) is 5.91 Å². The predicted molar refractivity (Wildman–Crippen MR) is 95.3 cm³/mol. The van der Waals surface area contributed by atoms with Crippen molar-refractivity contribution in [2.45, 2.75) is 13.0 Å². The van der Waals surface area contributed by atoms with Gasteiger partial charge in [0.1, 0.15) is 0 Å². The second kappa shape index (κ2) is 7.12. The SMILES string of the molecule is CN1CCc2ccc(/C=C/C(=O)Nc3cccc(C#N)c3)cc2C1. The minimum absolute atomic E-state index is 0.208. The van der Waals surface area contributed by atoms with Gasteiger partial charge in [0.25, 0.3) is 0 Å². The van der Waals surface area contributed by atoms with Crippen molar-refractivity contribution in [2.75, 3.05) is 18.9 Å². The molecular formula is C20H19N3O. The lowest BCUT2D eigenvalue weighted by Gasteiger charge is -2.25. The summed E-state index contributed by atoms with van der Waals surface area (Å²) in [5, 5.41) is 11.7. The fourth-order valence-corrected chi connectivity index (χ4v) is 2.84. The molecule has 0 aromatic heterocycles. The molecule has 120 valence electrons. The summed E-state index contributed by atoms with van der Waals surface area (Å²) in [7, 11) is 2.12. The summed E-state index contributed by atoms with van der Waals surface area (Å²) in [6, 6.07) is 15.3. The molecule has 1 N–H and O–H groups in total. The second-order valence-electron chi connectivity index (χ2n) is 6.03. The molecule has 3 rings (SSSR count). The molecule has 0 atom stereocenters. The van der Waals surface area contributed by atoms with Gasteiger partial charge in [0.05, 0.1) is 11.6 Å². The monoisotopic (exact) mass is 317 g/mol. The topological polar surface area (TPSA) is 56.1 Å². The first kappa shape index (κ1) is 16.0. The third-order valence-corrected chi connectivity index (χ3v) is 4.12. The van der Waals surface area contributed by atoms with Crippen molar-refractivity contribution >= 4 is 17.7 Å². The van der Waals surface area contributed by atoms with E-state index in [2.05, 4.69) is 35.5 Å². The maximum Gasteiger partial charge on any atom is 0.248 e. The number of nitriles is 1. The Morgan fingerprint density at radius 2 is 2.12 bits per heavy atom. The second-order valence-corrected chi connectivity index (χ2v) is 6.03. The number of nitrogens with one attached hydrogen (secondary N) is 1. The Labute approximate surface area is 142 Å². The molecule has 0 bridgehead atoms. The molecular weight excluding hydrogens is 298 g/mol. The predicted octanol–water partition coefficient (Wildman–Crippen LogP) is 3.20. The normalized spacial score (nSPS) is 14.2. The van der Waals surface area contributed by atoms with Crippen molar-refractivity contribution in [1.29, 1.82) is 5.26 Å². The molecule has 1 aliphatic heterocycles. The Kier molecular flexibility index (Phi) is 4.74. The summed E-state index contributed by atoms with van der Waals surface area (Å²) < 4.78 is 0. The highest BCUT2D eigenvalue weighted by atomic mass is 16.1. The van der Waals surface area contributed by atoms with Crippen molar-refractivity contribution in [2.24, 2.45) is 0 Å². The Bertz CT molecular complexity index is 833. The molecule has 0 aliphatic carbocycles. The van der Waals surface area contributed by atoms with Crippen LogP contribution in [0.3, 0.4) is 0 Å². The Morgan fingerprint density at radius 1 is 1.25 bits per heavy atom. The Morgan fingerprint density at radius 3 is 2.96 bits per heavy atom. The minimum Gasteiger partial charge on any atom is -0.322 e. The highest BCUT2D eigenvalue weighted by Crippen LogP contribution is 2.20. The van der Waals surface area contributed by atoms with Crippen LogP contribution < -0.4 is 5.32 Å². The van der Waals surface area contributed by atoms with Gasteiger partial charge in [-0.15, -0.1) is 0 Å². The fraction of sp³-hybridized carbons (Fsp3) is 0.200. The molecule has 4 heteroatoms. The summed E-state index contributed by atoms with van der Waals surface area (Å²) in [6.45, 7) is 2.04. The average Bonchev–Trinajstić information content (AvgIpc) is 2.59. The number of hydrogen-bond acceptors (Lipinski definition) is 3. The molecule has 0 radical (unpaired) electrons. The van der Waals surface area contributed by atoms with Crippen LogP contribution in [0.4, 0.5) is 5.69 Å². The van der Waals surface area contributed by atoms with Gasteiger partial charge in [-0.25, -0.2) is 0 Å². The lowest BCUT2D eigenvalue weighted by atomic mass is 9.97. The van der Waals surface area contributed by atoms with E-state index in [0.29, 0.717) is 11.3 Å². The first-order chi connectivity index (χ1) is 11.6. The van der Waals surface area contributed by atoms with Crippen molar-refractivity contribution in [1.82, 2.24) is 4.90 Å². The van der Waals surface area contributed by atoms with Crippen LogP contribution in [0.25, 0.3) is 6.08 Å². The number of fused-ring (bicyclic) bond motifs is 1. The van der Waals surface area contributed by atoms with Gasteiger partial charge in [-0.3, -0.25) is 4.79 Å². The number of benzene rings is 2. The molecule has 24 heavy (non-hydrogen) atoms. The van der Waals surface area contributed by atoms with Gasteiger partial charge in [-0.05, 0) is 54.4 Å². The van der Waals surface area contributed by atoms with E-state index in [9.17, 15) is 4.79 Å². The van der Waals surface area contributed by atoms with Gasteiger partial charge in [0.15, 0.2) is 0 Å². The zero-order valence-corrected chi connectivity index (χ0v) is 13.6. The fourth-order valence-electron chi connectivity index (χ4n) is 2.84. The Balaban J connectivity index is 1.68. The van der Waals surface area contributed by atoms with Crippen molar-refractivity contribution in [3.8, 4) is 6.07 Å². The summed E-state index contributed by atoms with van der Waals surface area (Å²) in [5.41, 5.74) is 4.88. The largest absolute Gasteiger partial charge is 0.322 e. The van der Waals surface area contributed by atoms with E-state index >= 15 is 0 Å². The molecule has 1 amide bonds. The van der Waals surface area contributed by atoms with E-state index in [1.54, 1.807) is 24.3 Å². The number of amides is 1. The number of rotatable bonds is 3. The molecule has 2 aromatic carbocycles. The van der Waals surface area contributed by atoms with Crippen LogP contribution in [0.1, 0.15) is 22.3 Å². The molecule has 0 saturated carbocycles. The average molecular weight is 317 g/mol. The lowest BCUT2D eigenvalue weighted by molar-refractivity contribution is -0.111. The third-order valence-electron chi connectivity index (χ3n) is 4.12. The summed E-state index contributed by atoms with van der Waals surface area (Å²) in [5.74, 6) is -0.208. The van der Waals surface area contributed by atoms with E-state index in [1.165, 1.54) is 17.2 Å². The van der Waals surface area contributed by atoms with Crippen LogP contribution >= 0.6 is 0 Å². The number of likely N-dealkylation sites (N-methyl/N-ethyl adjacent to an activating group) is 1. The van der Waals surface area contributed by atoms with E-state index in [1.807, 2.05) is 12.1 Å². The van der Waals surface area contributed by atoms with Crippen molar-refractivity contribution < 1.29 is 4.79 Å². The van der Waals surface area contributed by atoms with Crippen molar-refractivity contribution in [3.63, 3.8) is 0 Å². The number of anilines is 1. The zero-order chi connectivity index (χ0) is 16.9. The van der Waals surface area contributed by atoms with E-state index in [-0.39, 0.29) is 5.91 Å². The molecule has 2 aromatic rings. The van der Waals surface area contributed by atoms with Crippen LogP contribution in [0, 0.1) is 11.3 Å². The van der Waals surface area contributed by atoms with Crippen LogP contribution in [0.15, 0.2) is 48.5 Å². The highest BCUT2D eigenvalue weighted by molar-refractivity contribution is 6.02. The first-order valence-electron chi connectivity index (χ1n) is 7.93. The van der Waals surface area contributed by atoms with E-state index in [0.717, 1.165) is 25.1 Å². The number of carbonyl (C=O) groups excluding carboxylic acids is 1. The number of hydrogen-bond donors (Lipinski definition) is 1. The lowest BCUT2D eigenvalue weighted by Crippen LogP contribution is -2.26. The minimum atomic E-state index is -0.208. The number of carbonyl (C=O) groups is 1. The maximum absolute atomic E-state index is 12.0. The molecule has 0 fully saturated rings. The van der Waals surface area contributed by atoms with Gasteiger partial charge < -0.3 is 10.2 Å². The molecule has 0 saturated heterocycles. The quantitative estimate of drug-likeness (QED) is 0.885. The van der Waals surface area contributed by atoms with E-state index in [4.69, 9.17) is 5.26 Å². The molecule has 0 spiro atoms. The Hall–Kier alpha value is -2.90. The first-order valence-corrected chi connectivity index (χ1v) is 7.93. The summed E-state index contributed by atoms with van der Waals surface area (Å²) in [6.07, 6.45) is 4.41. The maximum atomic E-state index is 12.0. The van der Waals surface area contributed by atoms with Crippen LogP contribution in [0.5, 0.6) is 0 Å². The standard InChI is InChI=1S/C20H19N3O/c1-23-10-9-17-7-5-15(11-18(17)14-23)6-8-20(24)22-19-4-2-3-16(12-19)13-21/h2-8,11-12H,9-10,14H2,1H3,(H,22,24)/b8-6+. The molecule has 1 aliphatic rings. The zero-order valence-electron chi connectivity index (χ0n) is 13.6. The molecule has 0 unspecified atom stereocenters. The molecule has 4 nitrogen and oxygen atoms in total. The van der Waals surface area contributed by atoms with Gasteiger partial charge in [-0.2, -0.15) is 5.26 Å². The number of nitrogens with zero attached hydrogens (tertiary/aromatic N) is 2. The van der Waals surface area contributed by atoms with Crippen molar-refractivity contribution in [3.05, 3.63) is 70.8 Å². The summed E-state index contributed by atoms with van der Waals surface area (Å²) in [4.78, 5) is 14.3. The van der Waals surface area contributed by atoms with Gasteiger partial charge in [0, 0.05) is 24.9 Å². The summed E-state index contributed by atoms with van der Waals surface area (Å²) >= 11 is 0. The third kappa shape index (κ3) is 3.89. The smallest absolute Gasteiger partial charge is 0.248 e.